The molecule has 294 valence electrons. The van der Waals surface area contributed by atoms with Gasteiger partial charge in [0.05, 0.1) is 19.3 Å². The summed E-state index contributed by atoms with van der Waals surface area (Å²) in [5, 5.41) is 5.91. The topological polar surface area (TPSA) is 103 Å². The highest BCUT2D eigenvalue weighted by Crippen LogP contribution is 2.20. The molecule has 7 heteroatoms. The number of unbranched alkanes of at least 4 members (excludes halogenated alkanes) is 18. The predicted molar refractivity (Wildman–Crippen MR) is 218 cm³/mol. The highest BCUT2D eigenvalue weighted by molar-refractivity contribution is 5.83. The van der Waals surface area contributed by atoms with E-state index >= 15 is 0 Å². The third-order valence-electron chi connectivity index (χ3n) is 9.73. The van der Waals surface area contributed by atoms with Crippen molar-refractivity contribution in [2.45, 2.75) is 188 Å². The minimum absolute atomic E-state index is 0.125. The molecule has 4 N–H and O–H groups in total. The van der Waals surface area contributed by atoms with Gasteiger partial charge in [0, 0.05) is 19.5 Å². The smallest absolute Gasteiger partial charge is 0.237 e. The number of nitrogens with one attached hydrogen (secondary N) is 2. The van der Waals surface area contributed by atoms with Gasteiger partial charge in [0.15, 0.2) is 0 Å². The summed E-state index contributed by atoms with van der Waals surface area (Å²) in [6.45, 7) is 10.8. The zero-order valence-electron chi connectivity index (χ0n) is 33.6. The summed E-state index contributed by atoms with van der Waals surface area (Å²) in [7, 11) is 0. The van der Waals surface area contributed by atoms with Crippen LogP contribution in [0.3, 0.4) is 0 Å². The van der Waals surface area contributed by atoms with Crippen LogP contribution in [0.15, 0.2) is 36.4 Å². The highest BCUT2D eigenvalue weighted by Gasteiger charge is 2.15. The molecule has 2 rings (SSSR count). The van der Waals surface area contributed by atoms with Gasteiger partial charge in [-0.2, -0.15) is 0 Å². The van der Waals surface area contributed by atoms with Gasteiger partial charge in [0.25, 0.3) is 0 Å². The van der Waals surface area contributed by atoms with Gasteiger partial charge in [-0.05, 0) is 79.6 Å². The van der Waals surface area contributed by atoms with E-state index in [9.17, 15) is 9.59 Å². The van der Waals surface area contributed by atoms with Crippen LogP contribution < -0.4 is 25.8 Å². The fourth-order valence-corrected chi connectivity index (χ4v) is 6.61. The van der Waals surface area contributed by atoms with Crippen molar-refractivity contribution in [2.75, 3.05) is 13.2 Å². The third-order valence-corrected chi connectivity index (χ3v) is 9.73. The lowest BCUT2D eigenvalue weighted by molar-refractivity contribution is -0.123. The molecule has 0 spiro atoms. The Hall–Kier alpha value is -3.06. The van der Waals surface area contributed by atoms with E-state index in [1.54, 1.807) is 0 Å². The fraction of sp³-hybridized carbons (Fsp3) is 0.689. The van der Waals surface area contributed by atoms with Gasteiger partial charge in [-0.25, -0.2) is 0 Å². The van der Waals surface area contributed by atoms with Gasteiger partial charge in [-0.15, -0.1) is 0 Å². The van der Waals surface area contributed by atoms with Crippen molar-refractivity contribution < 1.29 is 19.1 Å². The lowest BCUT2D eigenvalue weighted by Crippen LogP contribution is -2.41. The van der Waals surface area contributed by atoms with Crippen LogP contribution in [0, 0.1) is 13.8 Å². The van der Waals surface area contributed by atoms with E-state index in [1.807, 2.05) is 44.2 Å². The Morgan fingerprint density at radius 2 is 0.942 bits per heavy atom. The molecule has 0 aliphatic carbocycles. The number of rotatable bonds is 32. The molecule has 0 aromatic heterocycles. The first kappa shape index (κ1) is 45.1. The van der Waals surface area contributed by atoms with E-state index in [1.165, 1.54) is 116 Å². The van der Waals surface area contributed by atoms with Crippen molar-refractivity contribution >= 4 is 11.8 Å². The van der Waals surface area contributed by atoms with Crippen molar-refractivity contribution in [1.29, 1.82) is 0 Å². The number of nitrogens with two attached hydrogens (primary N) is 1. The zero-order chi connectivity index (χ0) is 37.7. The van der Waals surface area contributed by atoms with Gasteiger partial charge < -0.3 is 25.8 Å². The maximum atomic E-state index is 12.7. The second-order valence-corrected chi connectivity index (χ2v) is 15.0. The Morgan fingerprint density at radius 3 is 1.37 bits per heavy atom. The Kier molecular flexibility index (Phi) is 25.5. The second-order valence-electron chi connectivity index (χ2n) is 15.0. The Labute approximate surface area is 318 Å². The van der Waals surface area contributed by atoms with Gasteiger partial charge in [0.1, 0.15) is 11.5 Å². The zero-order valence-corrected chi connectivity index (χ0v) is 33.6. The summed E-state index contributed by atoms with van der Waals surface area (Å²) < 4.78 is 12.1. The number of benzene rings is 2. The highest BCUT2D eigenvalue weighted by atomic mass is 16.5. The van der Waals surface area contributed by atoms with E-state index in [0.29, 0.717) is 26.3 Å². The van der Waals surface area contributed by atoms with Crippen LogP contribution in [-0.2, 0) is 22.7 Å². The molecule has 1 unspecified atom stereocenters. The van der Waals surface area contributed by atoms with E-state index in [-0.39, 0.29) is 24.7 Å². The second kappa shape index (κ2) is 29.4. The average Bonchev–Trinajstić information content (AvgIpc) is 3.12. The molecular formula is C45H75N3O4. The van der Waals surface area contributed by atoms with E-state index in [0.717, 1.165) is 46.6 Å². The monoisotopic (exact) mass is 722 g/mol. The van der Waals surface area contributed by atoms with E-state index < -0.39 is 6.04 Å². The van der Waals surface area contributed by atoms with Crippen LogP contribution in [0.25, 0.3) is 0 Å². The molecule has 0 saturated carbocycles. The summed E-state index contributed by atoms with van der Waals surface area (Å²) in [6, 6.07) is 11.4. The molecular weight excluding hydrogens is 647 g/mol. The van der Waals surface area contributed by atoms with Crippen LogP contribution in [0.5, 0.6) is 11.5 Å². The molecule has 0 aliphatic heterocycles. The predicted octanol–water partition coefficient (Wildman–Crippen LogP) is 10.9. The van der Waals surface area contributed by atoms with E-state index in [4.69, 9.17) is 15.2 Å². The molecule has 0 heterocycles. The SMILES string of the molecule is CCCCCCCCCCCCOc1cc(C)cc(CNC(=O)CCC(N)C(=O)NCc2cc(C)cc(OCCCCCCCCCCCC)c2)c1. The van der Waals surface area contributed by atoms with Crippen LogP contribution >= 0.6 is 0 Å². The molecule has 7 nitrogen and oxygen atoms in total. The first-order valence-electron chi connectivity index (χ1n) is 21.1. The number of hydrogen-bond donors (Lipinski definition) is 3. The number of hydrogen-bond acceptors (Lipinski definition) is 5. The van der Waals surface area contributed by atoms with Crippen molar-refractivity contribution in [3.63, 3.8) is 0 Å². The molecule has 0 aliphatic rings. The molecule has 2 aromatic carbocycles. The Bertz CT molecular complexity index is 1230. The third kappa shape index (κ3) is 22.8. The average molecular weight is 722 g/mol. The summed E-state index contributed by atoms with van der Waals surface area (Å²) in [5.41, 5.74) is 10.3. The minimum Gasteiger partial charge on any atom is -0.494 e. The summed E-state index contributed by atoms with van der Waals surface area (Å²) in [4.78, 5) is 25.4. The van der Waals surface area contributed by atoms with Crippen molar-refractivity contribution in [1.82, 2.24) is 10.6 Å². The molecule has 0 bridgehead atoms. The summed E-state index contributed by atoms with van der Waals surface area (Å²) >= 11 is 0. The number of carbonyl (C=O) groups is 2. The minimum atomic E-state index is -0.757. The fourth-order valence-electron chi connectivity index (χ4n) is 6.61. The molecule has 0 radical (unpaired) electrons. The number of amides is 2. The first-order chi connectivity index (χ1) is 25.3. The Morgan fingerprint density at radius 1 is 0.558 bits per heavy atom. The van der Waals surface area contributed by atoms with E-state index in [2.05, 4.69) is 30.5 Å². The largest absolute Gasteiger partial charge is 0.494 e. The van der Waals surface area contributed by atoms with Crippen molar-refractivity contribution in [3.05, 3.63) is 58.7 Å². The normalized spacial score (nSPS) is 11.7. The Balaban J connectivity index is 1.60. The summed E-state index contributed by atoms with van der Waals surface area (Å²) in [6.07, 6.45) is 26.4. The molecule has 0 fully saturated rings. The van der Waals surface area contributed by atoms with Gasteiger partial charge in [0.2, 0.25) is 11.8 Å². The number of aryl methyl sites for hydroxylation is 2. The molecule has 1 atom stereocenters. The molecule has 2 amide bonds. The van der Waals surface area contributed by atoms with Gasteiger partial charge in [-0.3, -0.25) is 9.59 Å². The molecule has 52 heavy (non-hydrogen) atoms. The maximum Gasteiger partial charge on any atom is 0.237 e. The van der Waals surface area contributed by atoms with Crippen LogP contribution in [0.4, 0.5) is 0 Å². The maximum absolute atomic E-state index is 12.7. The van der Waals surface area contributed by atoms with Crippen LogP contribution in [0.2, 0.25) is 0 Å². The quantitative estimate of drug-likeness (QED) is 0.0653. The molecule has 0 saturated heterocycles. The van der Waals surface area contributed by atoms with Gasteiger partial charge in [-0.1, -0.05) is 142 Å². The standard InChI is InChI=1S/C45H75N3O4/c1-5-7-9-11-13-15-17-19-21-23-27-51-41-31-37(3)29-39(33-41)35-47-44(49)26-25-43(46)45(50)48-36-40-30-38(4)32-42(34-40)52-28-24-22-20-18-16-14-12-10-8-6-2/h29-34,43H,5-28,35-36,46H2,1-4H3,(H,47,49)(H,48,50). The number of ether oxygens (including phenoxy) is 2. The summed E-state index contributed by atoms with van der Waals surface area (Å²) in [5.74, 6) is 1.30. The lowest BCUT2D eigenvalue weighted by Gasteiger charge is -2.14. The van der Waals surface area contributed by atoms with Crippen LogP contribution in [-0.4, -0.2) is 31.1 Å². The first-order valence-corrected chi connectivity index (χ1v) is 21.1. The number of carbonyl (C=O) groups excluding carboxylic acids is 2. The van der Waals surface area contributed by atoms with Gasteiger partial charge >= 0.3 is 0 Å². The van der Waals surface area contributed by atoms with Crippen molar-refractivity contribution in [3.8, 4) is 11.5 Å². The molecule has 2 aromatic rings. The van der Waals surface area contributed by atoms with Crippen molar-refractivity contribution in [2.24, 2.45) is 5.73 Å². The lowest BCUT2D eigenvalue weighted by atomic mass is 10.1. The van der Waals surface area contributed by atoms with Crippen LogP contribution in [0.1, 0.15) is 177 Å².